The zero-order valence-electron chi connectivity index (χ0n) is 15.7. The second-order valence-electron chi connectivity index (χ2n) is 6.20. The molecule has 1 fully saturated rings. The van der Waals surface area contributed by atoms with Crippen molar-refractivity contribution in [3.63, 3.8) is 0 Å². The Morgan fingerprint density at radius 2 is 1.97 bits per heavy atom. The van der Waals surface area contributed by atoms with Gasteiger partial charge in [-0.2, -0.15) is 0 Å². The van der Waals surface area contributed by atoms with Crippen LogP contribution in [0, 0.1) is 0 Å². The maximum absolute atomic E-state index is 12.7. The lowest BCUT2D eigenvalue weighted by molar-refractivity contribution is -0.128. The van der Waals surface area contributed by atoms with Gasteiger partial charge in [-0.1, -0.05) is 29.4 Å². The van der Waals surface area contributed by atoms with Crippen LogP contribution >= 0.6 is 23.4 Å². The lowest BCUT2D eigenvalue weighted by Crippen LogP contribution is -2.43. The molecule has 0 aliphatic carbocycles. The third-order valence-electron chi connectivity index (χ3n) is 4.17. The van der Waals surface area contributed by atoms with Crippen LogP contribution in [0.5, 0.6) is 0 Å². The van der Waals surface area contributed by atoms with Crippen molar-refractivity contribution in [2.75, 3.05) is 19.5 Å². The molecule has 2 amide bonds. The fraction of sp³-hybridized carbons (Fsp3) is 0.200. The third kappa shape index (κ3) is 5.16. The van der Waals surface area contributed by atoms with E-state index in [9.17, 15) is 14.4 Å². The van der Waals surface area contributed by atoms with Gasteiger partial charge in [0.25, 0.3) is 0 Å². The number of nitrogens with one attached hydrogen (secondary N) is 1. The molecule has 1 N–H and O–H groups in total. The number of amides is 2. The van der Waals surface area contributed by atoms with Gasteiger partial charge in [-0.05, 0) is 42.5 Å². The SMILES string of the molecule is COC(=O)c1ccc(NC(=O)[C@@H]2CC(=O)N(C)C(=Nc3cccc(Cl)c3)S2)cc1. The van der Waals surface area contributed by atoms with Gasteiger partial charge in [0.2, 0.25) is 11.8 Å². The van der Waals surface area contributed by atoms with E-state index >= 15 is 0 Å². The second kappa shape index (κ2) is 9.11. The largest absolute Gasteiger partial charge is 0.465 e. The molecule has 2 aromatic carbocycles. The first kappa shape index (κ1) is 20.9. The number of thioether (sulfide) groups is 1. The van der Waals surface area contributed by atoms with Crippen LogP contribution in [0.1, 0.15) is 16.8 Å². The Kier molecular flexibility index (Phi) is 6.56. The number of halogens is 1. The van der Waals surface area contributed by atoms with E-state index in [1.165, 1.54) is 23.8 Å². The minimum absolute atomic E-state index is 0.0574. The van der Waals surface area contributed by atoms with Crippen molar-refractivity contribution >= 4 is 57.7 Å². The summed E-state index contributed by atoms with van der Waals surface area (Å²) in [7, 11) is 2.92. The number of methoxy groups -OCH3 is 1. The van der Waals surface area contributed by atoms with Crippen LogP contribution in [-0.2, 0) is 14.3 Å². The number of hydrogen-bond donors (Lipinski definition) is 1. The number of hydrogen-bond acceptors (Lipinski definition) is 6. The predicted molar refractivity (Wildman–Crippen MR) is 114 cm³/mol. The summed E-state index contributed by atoms with van der Waals surface area (Å²) >= 11 is 7.20. The molecule has 1 aliphatic heterocycles. The third-order valence-corrected chi connectivity index (χ3v) is 5.64. The zero-order chi connectivity index (χ0) is 21.0. The summed E-state index contributed by atoms with van der Waals surface area (Å²) in [6.07, 6.45) is 0.0574. The summed E-state index contributed by atoms with van der Waals surface area (Å²) in [6.45, 7) is 0. The highest BCUT2D eigenvalue weighted by atomic mass is 35.5. The summed E-state index contributed by atoms with van der Waals surface area (Å²) in [5.41, 5.74) is 1.49. The number of carbonyl (C=O) groups excluding carboxylic acids is 3. The molecule has 29 heavy (non-hydrogen) atoms. The summed E-state index contributed by atoms with van der Waals surface area (Å²) in [5, 5.41) is 3.09. The summed E-state index contributed by atoms with van der Waals surface area (Å²) in [5.74, 6) is -0.979. The van der Waals surface area contributed by atoms with E-state index in [1.54, 1.807) is 55.6 Å². The number of benzene rings is 2. The Morgan fingerprint density at radius 1 is 1.24 bits per heavy atom. The van der Waals surface area contributed by atoms with E-state index < -0.39 is 11.2 Å². The number of aliphatic imine (C=N–C) groups is 1. The average Bonchev–Trinajstić information content (AvgIpc) is 2.71. The molecule has 0 bridgehead atoms. The van der Waals surface area contributed by atoms with Crippen LogP contribution < -0.4 is 5.32 Å². The topological polar surface area (TPSA) is 88.1 Å². The lowest BCUT2D eigenvalue weighted by atomic mass is 10.2. The van der Waals surface area contributed by atoms with Gasteiger partial charge >= 0.3 is 5.97 Å². The molecular formula is C20H18ClN3O4S. The standard InChI is InChI=1S/C20H18ClN3O4S/c1-24-17(25)11-16(29-20(24)23-15-5-3-4-13(21)10-15)18(26)22-14-8-6-12(7-9-14)19(27)28-2/h3-10,16H,11H2,1-2H3,(H,22,26)/t16-/m0/s1. The quantitative estimate of drug-likeness (QED) is 0.745. The van der Waals surface area contributed by atoms with Crippen LogP contribution in [0.15, 0.2) is 53.5 Å². The minimum Gasteiger partial charge on any atom is -0.465 e. The van der Waals surface area contributed by atoms with E-state index in [2.05, 4.69) is 15.0 Å². The summed E-state index contributed by atoms with van der Waals surface area (Å²) in [4.78, 5) is 42.4. The van der Waals surface area contributed by atoms with Crippen molar-refractivity contribution in [2.24, 2.45) is 4.99 Å². The van der Waals surface area contributed by atoms with Gasteiger partial charge in [0.05, 0.1) is 18.4 Å². The van der Waals surface area contributed by atoms with Gasteiger partial charge in [-0.3, -0.25) is 14.5 Å². The van der Waals surface area contributed by atoms with Crippen molar-refractivity contribution in [2.45, 2.75) is 11.7 Å². The first-order valence-electron chi connectivity index (χ1n) is 8.64. The molecule has 0 aromatic heterocycles. The average molecular weight is 432 g/mol. The summed E-state index contributed by atoms with van der Waals surface area (Å²) in [6, 6.07) is 13.3. The number of amidine groups is 1. The molecule has 1 aliphatic rings. The van der Waals surface area contributed by atoms with Gasteiger partial charge in [0.15, 0.2) is 5.17 Å². The number of nitrogens with zero attached hydrogens (tertiary/aromatic N) is 2. The molecule has 3 rings (SSSR count). The molecule has 7 nitrogen and oxygen atoms in total. The van der Waals surface area contributed by atoms with Gasteiger partial charge < -0.3 is 10.1 Å². The van der Waals surface area contributed by atoms with E-state index in [4.69, 9.17) is 11.6 Å². The molecule has 150 valence electrons. The Hall–Kier alpha value is -2.84. The lowest BCUT2D eigenvalue weighted by Gasteiger charge is -2.28. The highest BCUT2D eigenvalue weighted by Crippen LogP contribution is 2.29. The fourth-order valence-electron chi connectivity index (χ4n) is 2.58. The molecule has 0 unspecified atom stereocenters. The van der Waals surface area contributed by atoms with Crippen LogP contribution in [0.25, 0.3) is 0 Å². The number of rotatable bonds is 4. The van der Waals surface area contributed by atoms with Gasteiger partial charge in [-0.25, -0.2) is 9.79 Å². The Labute approximate surface area is 177 Å². The fourth-order valence-corrected chi connectivity index (χ4v) is 3.83. The first-order chi connectivity index (χ1) is 13.9. The van der Waals surface area contributed by atoms with Crippen molar-refractivity contribution in [1.29, 1.82) is 0 Å². The highest BCUT2D eigenvalue weighted by Gasteiger charge is 2.34. The van der Waals surface area contributed by atoms with Crippen molar-refractivity contribution in [1.82, 2.24) is 4.90 Å². The molecule has 1 heterocycles. The Morgan fingerprint density at radius 3 is 2.62 bits per heavy atom. The molecule has 0 saturated carbocycles. The summed E-state index contributed by atoms with van der Waals surface area (Å²) < 4.78 is 4.65. The number of carbonyl (C=O) groups is 3. The highest BCUT2D eigenvalue weighted by molar-refractivity contribution is 8.15. The van der Waals surface area contributed by atoms with Crippen LogP contribution in [-0.4, -0.2) is 47.3 Å². The van der Waals surface area contributed by atoms with Crippen molar-refractivity contribution < 1.29 is 19.1 Å². The molecule has 2 aromatic rings. The van der Waals surface area contributed by atoms with E-state index in [-0.39, 0.29) is 18.2 Å². The Balaban J connectivity index is 1.73. The molecule has 1 atom stereocenters. The van der Waals surface area contributed by atoms with Gasteiger partial charge in [0, 0.05) is 24.2 Å². The molecule has 1 saturated heterocycles. The maximum atomic E-state index is 12.7. The van der Waals surface area contributed by atoms with E-state index in [1.807, 2.05) is 0 Å². The van der Waals surface area contributed by atoms with Crippen LogP contribution in [0.2, 0.25) is 5.02 Å². The molecular weight excluding hydrogens is 414 g/mol. The predicted octanol–water partition coefficient (Wildman–Crippen LogP) is 3.72. The zero-order valence-corrected chi connectivity index (χ0v) is 17.3. The monoisotopic (exact) mass is 431 g/mol. The van der Waals surface area contributed by atoms with Crippen molar-refractivity contribution in [3.05, 3.63) is 59.1 Å². The van der Waals surface area contributed by atoms with Crippen molar-refractivity contribution in [3.8, 4) is 0 Å². The normalized spacial score (nSPS) is 17.9. The number of esters is 1. The van der Waals surface area contributed by atoms with Crippen LogP contribution in [0.4, 0.5) is 11.4 Å². The first-order valence-corrected chi connectivity index (χ1v) is 9.90. The Bertz CT molecular complexity index is 978. The van der Waals surface area contributed by atoms with Gasteiger partial charge in [0.1, 0.15) is 5.25 Å². The van der Waals surface area contributed by atoms with Crippen LogP contribution in [0.3, 0.4) is 0 Å². The van der Waals surface area contributed by atoms with E-state index in [0.29, 0.717) is 27.1 Å². The van der Waals surface area contributed by atoms with E-state index in [0.717, 1.165) is 0 Å². The number of ether oxygens (including phenoxy) is 1. The molecule has 0 spiro atoms. The second-order valence-corrected chi connectivity index (χ2v) is 7.80. The molecule has 9 heteroatoms. The number of anilines is 1. The maximum Gasteiger partial charge on any atom is 0.337 e. The van der Waals surface area contributed by atoms with Gasteiger partial charge in [-0.15, -0.1) is 0 Å². The molecule has 0 radical (unpaired) electrons. The minimum atomic E-state index is -0.628. The smallest absolute Gasteiger partial charge is 0.337 e.